The molecule has 5 aromatic carbocycles. The summed E-state index contributed by atoms with van der Waals surface area (Å²) < 4.78 is 8.51. The Morgan fingerprint density at radius 1 is 0.538 bits per heavy atom. The van der Waals surface area contributed by atoms with E-state index in [0.29, 0.717) is 5.69 Å². The second-order valence-electron chi connectivity index (χ2n) is 9.74. The highest BCUT2D eigenvalue weighted by molar-refractivity contribution is 5.92. The number of aromatic nitrogens is 1. The molecule has 0 saturated carbocycles. The van der Waals surface area contributed by atoms with Gasteiger partial charge < -0.3 is 15.0 Å². The molecular formula is C36H30N2O. The quantitative estimate of drug-likeness (QED) is 0.229. The molecule has 190 valence electrons. The van der Waals surface area contributed by atoms with Crippen LogP contribution in [0.15, 0.2) is 133 Å². The highest BCUT2D eigenvalue weighted by Crippen LogP contribution is 2.45. The summed E-state index contributed by atoms with van der Waals surface area (Å²) in [6.07, 6.45) is 0. The lowest BCUT2D eigenvalue weighted by molar-refractivity contribution is 0.482. The average Bonchev–Trinajstić information content (AvgIpc) is 3.28. The van der Waals surface area contributed by atoms with Crippen LogP contribution in [0.1, 0.15) is 11.1 Å². The molecule has 1 aromatic heterocycles. The average molecular weight is 507 g/mol. The first-order valence-electron chi connectivity index (χ1n) is 13.2. The fourth-order valence-corrected chi connectivity index (χ4v) is 5.27. The zero-order chi connectivity index (χ0) is 26.8. The first kappa shape index (κ1) is 24.3. The predicted molar refractivity (Wildman–Crippen MR) is 162 cm³/mol. The van der Waals surface area contributed by atoms with Gasteiger partial charge in [0.05, 0.1) is 11.4 Å². The van der Waals surface area contributed by atoms with Gasteiger partial charge in [0.1, 0.15) is 11.5 Å². The van der Waals surface area contributed by atoms with Gasteiger partial charge in [-0.2, -0.15) is 0 Å². The highest BCUT2D eigenvalue weighted by Gasteiger charge is 2.25. The number of rotatable bonds is 6. The van der Waals surface area contributed by atoms with Crippen LogP contribution < -0.4 is 10.5 Å². The number of hydrogen-bond acceptors (Lipinski definition) is 2. The van der Waals surface area contributed by atoms with Gasteiger partial charge in [-0.15, -0.1) is 0 Å². The molecule has 0 aliphatic rings. The Bertz CT molecular complexity index is 1720. The van der Waals surface area contributed by atoms with Crippen molar-refractivity contribution in [2.45, 2.75) is 13.8 Å². The lowest BCUT2D eigenvalue weighted by Crippen LogP contribution is -2.01. The number of ether oxygens (including phenoxy) is 1. The number of nitrogens with zero attached hydrogens (tertiary/aromatic N) is 1. The van der Waals surface area contributed by atoms with Crippen LogP contribution in [0.4, 0.5) is 5.69 Å². The van der Waals surface area contributed by atoms with Crippen molar-refractivity contribution in [1.29, 1.82) is 0 Å². The van der Waals surface area contributed by atoms with Gasteiger partial charge in [-0.1, -0.05) is 84.9 Å². The molecule has 0 amide bonds. The summed E-state index contributed by atoms with van der Waals surface area (Å²) in [5.41, 5.74) is 17.3. The predicted octanol–water partition coefficient (Wildman–Crippen LogP) is 9.47. The Morgan fingerprint density at radius 3 is 1.69 bits per heavy atom. The molecule has 0 spiro atoms. The first-order chi connectivity index (χ1) is 19.1. The molecule has 1 heterocycles. The molecule has 0 atom stereocenters. The van der Waals surface area contributed by atoms with Crippen molar-refractivity contribution in [2.75, 3.05) is 5.73 Å². The van der Waals surface area contributed by atoms with Crippen molar-refractivity contribution in [3.63, 3.8) is 0 Å². The second kappa shape index (κ2) is 10.4. The topological polar surface area (TPSA) is 40.2 Å². The maximum absolute atomic E-state index is 6.11. The molecular weight excluding hydrogens is 476 g/mol. The van der Waals surface area contributed by atoms with Crippen molar-refractivity contribution in [2.24, 2.45) is 0 Å². The smallest absolute Gasteiger partial charge is 0.127 e. The summed E-state index contributed by atoms with van der Waals surface area (Å²) in [5.74, 6) is 1.53. The maximum atomic E-state index is 6.11. The Hall–Kier alpha value is -5.02. The SMILES string of the molecule is Cc1ccccc1-c1c(C)c(-c2ccccc2)c(-c2ccccc2)n1-c1ccc(Oc2ccc(N)cc2)cc1. The van der Waals surface area contributed by atoms with Gasteiger partial charge in [-0.25, -0.2) is 0 Å². The Balaban J connectivity index is 1.59. The third-order valence-corrected chi connectivity index (χ3v) is 7.13. The van der Waals surface area contributed by atoms with Gasteiger partial charge in [-0.3, -0.25) is 0 Å². The lowest BCUT2D eigenvalue weighted by atomic mass is 9.95. The van der Waals surface area contributed by atoms with E-state index >= 15 is 0 Å². The summed E-state index contributed by atoms with van der Waals surface area (Å²) in [7, 11) is 0. The minimum Gasteiger partial charge on any atom is -0.457 e. The van der Waals surface area contributed by atoms with E-state index < -0.39 is 0 Å². The second-order valence-corrected chi connectivity index (χ2v) is 9.74. The number of nitrogens with two attached hydrogens (primary N) is 1. The van der Waals surface area contributed by atoms with E-state index in [4.69, 9.17) is 10.5 Å². The third kappa shape index (κ3) is 4.71. The molecule has 6 aromatic rings. The molecule has 6 rings (SSSR count). The molecule has 0 saturated heterocycles. The van der Waals surface area contributed by atoms with Gasteiger partial charge >= 0.3 is 0 Å². The minimum atomic E-state index is 0.715. The van der Waals surface area contributed by atoms with Crippen molar-refractivity contribution < 1.29 is 4.74 Å². The van der Waals surface area contributed by atoms with E-state index in [9.17, 15) is 0 Å². The summed E-state index contributed by atoms with van der Waals surface area (Å²) in [6, 6.07) is 45.7. The number of nitrogen functional groups attached to an aromatic ring is 1. The standard InChI is InChI=1S/C36H30N2O/c1-25-11-9-10-16-33(25)35-26(2)34(27-12-5-3-6-13-27)36(28-14-7-4-8-15-28)38(35)30-19-23-32(24-20-30)39-31-21-17-29(37)18-22-31/h3-24H,37H2,1-2H3. The summed E-state index contributed by atoms with van der Waals surface area (Å²) in [4.78, 5) is 0. The monoisotopic (exact) mass is 506 g/mol. The molecule has 0 bridgehead atoms. The van der Waals surface area contributed by atoms with Crippen LogP contribution in [0, 0.1) is 13.8 Å². The number of anilines is 1. The largest absolute Gasteiger partial charge is 0.457 e. The van der Waals surface area contributed by atoms with Crippen molar-refractivity contribution in [3.8, 4) is 50.8 Å². The Labute approximate surface area is 229 Å². The number of hydrogen-bond donors (Lipinski definition) is 1. The summed E-state index contributed by atoms with van der Waals surface area (Å²) in [6.45, 7) is 4.42. The summed E-state index contributed by atoms with van der Waals surface area (Å²) >= 11 is 0. The molecule has 0 fully saturated rings. The first-order valence-corrected chi connectivity index (χ1v) is 13.2. The molecule has 0 radical (unpaired) electrons. The third-order valence-electron chi connectivity index (χ3n) is 7.13. The van der Waals surface area contributed by atoms with Crippen LogP contribution in [0.2, 0.25) is 0 Å². The van der Waals surface area contributed by atoms with Crippen molar-refractivity contribution in [3.05, 3.63) is 145 Å². The van der Waals surface area contributed by atoms with Crippen molar-refractivity contribution in [1.82, 2.24) is 4.57 Å². The Morgan fingerprint density at radius 2 is 1.08 bits per heavy atom. The van der Waals surface area contributed by atoms with Gasteiger partial charge in [0, 0.05) is 22.5 Å². The van der Waals surface area contributed by atoms with E-state index in [1.165, 1.54) is 44.8 Å². The molecule has 3 nitrogen and oxygen atoms in total. The number of benzene rings is 5. The Kier molecular flexibility index (Phi) is 6.48. The molecule has 0 aliphatic carbocycles. The molecule has 0 unspecified atom stereocenters. The molecule has 3 heteroatoms. The van der Waals surface area contributed by atoms with E-state index in [1.807, 2.05) is 36.4 Å². The lowest BCUT2D eigenvalue weighted by Gasteiger charge is -2.17. The van der Waals surface area contributed by atoms with Crippen LogP contribution >= 0.6 is 0 Å². The van der Waals surface area contributed by atoms with E-state index in [1.54, 1.807) is 0 Å². The van der Waals surface area contributed by atoms with Gasteiger partial charge in [0.25, 0.3) is 0 Å². The molecule has 39 heavy (non-hydrogen) atoms. The normalized spacial score (nSPS) is 10.9. The molecule has 0 aliphatic heterocycles. The van der Waals surface area contributed by atoms with Crippen LogP contribution in [0.25, 0.3) is 39.3 Å². The fraction of sp³-hybridized carbons (Fsp3) is 0.0556. The molecule has 2 N–H and O–H groups in total. The fourth-order valence-electron chi connectivity index (χ4n) is 5.27. The van der Waals surface area contributed by atoms with Crippen LogP contribution in [-0.4, -0.2) is 4.57 Å². The van der Waals surface area contributed by atoms with Crippen LogP contribution in [0.5, 0.6) is 11.5 Å². The van der Waals surface area contributed by atoms with Gasteiger partial charge in [0.2, 0.25) is 0 Å². The number of aryl methyl sites for hydroxylation is 1. The van der Waals surface area contributed by atoms with Crippen LogP contribution in [0.3, 0.4) is 0 Å². The van der Waals surface area contributed by atoms with Gasteiger partial charge in [-0.05, 0) is 84.6 Å². The van der Waals surface area contributed by atoms with E-state index in [-0.39, 0.29) is 0 Å². The zero-order valence-electron chi connectivity index (χ0n) is 22.1. The van der Waals surface area contributed by atoms with Crippen LogP contribution in [-0.2, 0) is 0 Å². The minimum absolute atomic E-state index is 0.715. The van der Waals surface area contributed by atoms with Crippen molar-refractivity contribution >= 4 is 5.69 Å². The van der Waals surface area contributed by atoms with E-state index in [0.717, 1.165) is 17.2 Å². The highest BCUT2D eigenvalue weighted by atomic mass is 16.5. The van der Waals surface area contributed by atoms with Gasteiger partial charge in [0.15, 0.2) is 0 Å². The summed E-state index contributed by atoms with van der Waals surface area (Å²) in [5, 5.41) is 0. The maximum Gasteiger partial charge on any atom is 0.127 e. The van der Waals surface area contributed by atoms with E-state index in [2.05, 4.69) is 115 Å². The zero-order valence-corrected chi connectivity index (χ0v) is 22.1.